The van der Waals surface area contributed by atoms with Gasteiger partial charge in [0, 0.05) is 17.1 Å². The maximum Gasteiger partial charge on any atom is 0.0694 e. The molecule has 2 rings (SSSR count). The minimum atomic E-state index is 0.0373. The first kappa shape index (κ1) is 15.8. The van der Waals surface area contributed by atoms with Gasteiger partial charge in [-0.15, -0.1) is 0 Å². The van der Waals surface area contributed by atoms with Crippen molar-refractivity contribution >= 4 is 21.6 Å². The number of ether oxygens (including phenoxy) is 1. The highest BCUT2D eigenvalue weighted by Gasteiger charge is 2.31. The number of rotatable bonds is 4. The van der Waals surface area contributed by atoms with E-state index in [2.05, 4.69) is 72.0 Å². The van der Waals surface area contributed by atoms with E-state index in [0.717, 1.165) is 30.8 Å². The Labute approximate surface area is 130 Å². The molecule has 1 N–H and O–H groups in total. The fourth-order valence-corrected chi connectivity index (χ4v) is 3.35. The van der Waals surface area contributed by atoms with Crippen LogP contribution in [-0.4, -0.2) is 31.8 Å². The smallest absolute Gasteiger partial charge is 0.0694 e. The molecule has 1 saturated heterocycles. The van der Waals surface area contributed by atoms with Gasteiger partial charge >= 0.3 is 0 Å². The molecule has 1 fully saturated rings. The average molecular weight is 341 g/mol. The van der Waals surface area contributed by atoms with Crippen LogP contribution >= 0.6 is 15.9 Å². The van der Waals surface area contributed by atoms with Crippen LogP contribution in [0.5, 0.6) is 0 Å². The Morgan fingerprint density at radius 1 is 1.45 bits per heavy atom. The van der Waals surface area contributed by atoms with Crippen molar-refractivity contribution in [3.05, 3.63) is 28.2 Å². The predicted molar refractivity (Wildman–Crippen MR) is 88.5 cm³/mol. The molecule has 4 heteroatoms. The topological polar surface area (TPSA) is 24.5 Å². The lowest BCUT2D eigenvalue weighted by Crippen LogP contribution is -2.53. The first-order valence-electron chi connectivity index (χ1n) is 7.34. The Hall–Kier alpha value is -0.580. The Balaban J connectivity index is 2.25. The van der Waals surface area contributed by atoms with Crippen molar-refractivity contribution in [2.75, 3.05) is 31.2 Å². The second kappa shape index (κ2) is 6.46. The maximum absolute atomic E-state index is 5.60. The molecule has 1 aromatic carbocycles. The fraction of sp³-hybridized carbons (Fsp3) is 0.625. The molecular formula is C16H25BrN2O. The van der Waals surface area contributed by atoms with Crippen LogP contribution in [0, 0.1) is 0 Å². The summed E-state index contributed by atoms with van der Waals surface area (Å²) in [7, 11) is 0. The van der Waals surface area contributed by atoms with Crippen molar-refractivity contribution < 1.29 is 4.74 Å². The monoisotopic (exact) mass is 340 g/mol. The van der Waals surface area contributed by atoms with E-state index in [4.69, 9.17) is 4.74 Å². The molecule has 1 aromatic rings. The third kappa shape index (κ3) is 3.35. The van der Waals surface area contributed by atoms with E-state index in [0.29, 0.717) is 6.04 Å². The van der Waals surface area contributed by atoms with E-state index >= 15 is 0 Å². The van der Waals surface area contributed by atoms with Crippen LogP contribution in [0.25, 0.3) is 0 Å². The standard InChI is InChI=1S/C16H25BrN2O/c1-5-18-12(2)13-6-7-15(14(17)10-13)19-8-9-20-11-16(19,3)4/h6-7,10,12,18H,5,8-9,11H2,1-4H3. The van der Waals surface area contributed by atoms with Crippen molar-refractivity contribution in [1.29, 1.82) is 0 Å². The molecule has 0 saturated carbocycles. The number of morpholine rings is 1. The highest BCUT2D eigenvalue weighted by atomic mass is 79.9. The van der Waals surface area contributed by atoms with Crippen LogP contribution in [0.4, 0.5) is 5.69 Å². The average Bonchev–Trinajstić information content (AvgIpc) is 2.39. The van der Waals surface area contributed by atoms with Gasteiger partial charge in [0.2, 0.25) is 0 Å². The summed E-state index contributed by atoms with van der Waals surface area (Å²) in [5.74, 6) is 0. The lowest BCUT2D eigenvalue weighted by Gasteiger charge is -2.44. The molecule has 0 aliphatic carbocycles. The zero-order valence-electron chi connectivity index (χ0n) is 12.9. The van der Waals surface area contributed by atoms with Gasteiger partial charge in [-0.25, -0.2) is 0 Å². The summed E-state index contributed by atoms with van der Waals surface area (Å²) in [6.07, 6.45) is 0. The molecule has 0 amide bonds. The van der Waals surface area contributed by atoms with Gasteiger partial charge in [-0.2, -0.15) is 0 Å². The molecule has 1 heterocycles. The summed E-state index contributed by atoms with van der Waals surface area (Å²) in [6, 6.07) is 7.05. The van der Waals surface area contributed by atoms with Gasteiger partial charge in [0.15, 0.2) is 0 Å². The second-order valence-corrected chi connectivity index (χ2v) is 6.86. The lowest BCUT2D eigenvalue weighted by atomic mass is 10.0. The number of benzene rings is 1. The Morgan fingerprint density at radius 2 is 2.20 bits per heavy atom. The van der Waals surface area contributed by atoms with Crippen molar-refractivity contribution in [3.63, 3.8) is 0 Å². The first-order valence-corrected chi connectivity index (χ1v) is 8.13. The third-order valence-electron chi connectivity index (χ3n) is 3.92. The lowest BCUT2D eigenvalue weighted by molar-refractivity contribution is 0.0643. The van der Waals surface area contributed by atoms with E-state index in [1.54, 1.807) is 0 Å². The van der Waals surface area contributed by atoms with Crippen molar-refractivity contribution in [3.8, 4) is 0 Å². The molecule has 1 aliphatic heterocycles. The van der Waals surface area contributed by atoms with E-state index in [1.165, 1.54) is 11.3 Å². The molecule has 1 unspecified atom stereocenters. The van der Waals surface area contributed by atoms with Crippen molar-refractivity contribution in [2.24, 2.45) is 0 Å². The van der Waals surface area contributed by atoms with Gasteiger partial charge in [0.1, 0.15) is 0 Å². The largest absolute Gasteiger partial charge is 0.377 e. The van der Waals surface area contributed by atoms with Gasteiger partial charge in [0.25, 0.3) is 0 Å². The van der Waals surface area contributed by atoms with Crippen LogP contribution in [0.1, 0.15) is 39.3 Å². The minimum absolute atomic E-state index is 0.0373. The highest BCUT2D eigenvalue weighted by Crippen LogP contribution is 2.34. The van der Waals surface area contributed by atoms with Crippen molar-refractivity contribution in [2.45, 2.75) is 39.3 Å². The number of nitrogens with zero attached hydrogens (tertiary/aromatic N) is 1. The highest BCUT2D eigenvalue weighted by molar-refractivity contribution is 9.10. The van der Waals surface area contributed by atoms with Gasteiger partial charge in [-0.05, 0) is 60.9 Å². The minimum Gasteiger partial charge on any atom is -0.377 e. The summed E-state index contributed by atoms with van der Waals surface area (Å²) in [5.41, 5.74) is 2.61. The van der Waals surface area contributed by atoms with Crippen LogP contribution in [0.15, 0.2) is 22.7 Å². The van der Waals surface area contributed by atoms with E-state index < -0.39 is 0 Å². The molecule has 0 radical (unpaired) electrons. The molecule has 1 aliphatic rings. The number of nitrogens with one attached hydrogen (secondary N) is 1. The molecule has 0 spiro atoms. The fourth-order valence-electron chi connectivity index (χ4n) is 2.74. The van der Waals surface area contributed by atoms with Gasteiger partial charge in [-0.1, -0.05) is 13.0 Å². The Bertz CT molecular complexity index is 462. The number of anilines is 1. The Kier molecular flexibility index (Phi) is 5.10. The number of halogens is 1. The van der Waals surface area contributed by atoms with E-state index in [9.17, 15) is 0 Å². The Morgan fingerprint density at radius 3 is 2.80 bits per heavy atom. The number of hydrogen-bond donors (Lipinski definition) is 1. The van der Waals surface area contributed by atoms with Gasteiger partial charge in [-0.3, -0.25) is 0 Å². The number of hydrogen-bond acceptors (Lipinski definition) is 3. The predicted octanol–water partition coefficient (Wildman–Crippen LogP) is 3.73. The normalized spacial score (nSPS) is 19.9. The second-order valence-electron chi connectivity index (χ2n) is 6.01. The van der Waals surface area contributed by atoms with E-state index in [-0.39, 0.29) is 5.54 Å². The first-order chi connectivity index (χ1) is 9.45. The molecule has 0 aromatic heterocycles. The van der Waals surface area contributed by atoms with Crippen LogP contribution in [-0.2, 0) is 4.74 Å². The molecule has 3 nitrogen and oxygen atoms in total. The molecule has 20 heavy (non-hydrogen) atoms. The SMILES string of the molecule is CCNC(C)c1ccc(N2CCOCC2(C)C)c(Br)c1. The van der Waals surface area contributed by atoms with Gasteiger partial charge in [0.05, 0.1) is 24.4 Å². The molecule has 1 atom stereocenters. The quantitative estimate of drug-likeness (QED) is 0.903. The van der Waals surface area contributed by atoms with Crippen LogP contribution in [0.2, 0.25) is 0 Å². The molecular weight excluding hydrogens is 316 g/mol. The molecule has 0 bridgehead atoms. The summed E-state index contributed by atoms with van der Waals surface area (Å²) in [4.78, 5) is 2.43. The summed E-state index contributed by atoms with van der Waals surface area (Å²) >= 11 is 3.74. The van der Waals surface area contributed by atoms with Crippen LogP contribution < -0.4 is 10.2 Å². The van der Waals surface area contributed by atoms with E-state index in [1.807, 2.05) is 0 Å². The van der Waals surface area contributed by atoms with Crippen molar-refractivity contribution in [1.82, 2.24) is 5.32 Å². The zero-order valence-corrected chi connectivity index (χ0v) is 14.5. The zero-order chi connectivity index (χ0) is 14.8. The van der Waals surface area contributed by atoms with Gasteiger partial charge < -0.3 is 15.0 Å². The summed E-state index contributed by atoms with van der Waals surface area (Å²) in [5, 5.41) is 3.45. The maximum atomic E-state index is 5.60. The van der Waals surface area contributed by atoms with Crippen LogP contribution in [0.3, 0.4) is 0 Å². The molecule has 112 valence electrons. The summed E-state index contributed by atoms with van der Waals surface area (Å²) < 4.78 is 6.77. The third-order valence-corrected chi connectivity index (χ3v) is 4.55. The summed E-state index contributed by atoms with van der Waals surface area (Å²) in [6.45, 7) is 12.3.